The number of carbonyl (C=O) groups excluding carboxylic acids is 1. The third-order valence-electron chi connectivity index (χ3n) is 2.45. The molecule has 0 aliphatic rings. The second kappa shape index (κ2) is 4.59. The minimum Gasteiger partial charge on any atom is -0.396 e. The van der Waals surface area contributed by atoms with Crippen molar-refractivity contribution in [3.63, 3.8) is 0 Å². The Balaban J connectivity index is 2.19. The van der Waals surface area contributed by atoms with Crippen LogP contribution in [0.1, 0.15) is 16.1 Å². The van der Waals surface area contributed by atoms with Gasteiger partial charge in [0.25, 0.3) is 5.91 Å². The molecule has 1 heterocycles. The van der Waals surface area contributed by atoms with Gasteiger partial charge in [-0.1, -0.05) is 0 Å². The number of nitrogens with zero attached hydrogens (tertiary/aromatic N) is 3. The molecule has 0 saturated heterocycles. The van der Waals surface area contributed by atoms with Gasteiger partial charge in [0.05, 0.1) is 23.5 Å². The van der Waals surface area contributed by atoms with E-state index >= 15 is 0 Å². The maximum absolute atomic E-state index is 12.0. The third-order valence-corrected chi connectivity index (χ3v) is 2.45. The fourth-order valence-electron chi connectivity index (χ4n) is 1.55. The number of hydrogen-bond donors (Lipinski definition) is 2. The van der Waals surface area contributed by atoms with Gasteiger partial charge in [0.15, 0.2) is 0 Å². The summed E-state index contributed by atoms with van der Waals surface area (Å²) >= 11 is 0. The van der Waals surface area contributed by atoms with E-state index in [1.165, 1.54) is 10.9 Å². The largest absolute Gasteiger partial charge is 0.396 e. The first kappa shape index (κ1) is 11.7. The zero-order valence-corrected chi connectivity index (χ0v) is 9.71. The van der Waals surface area contributed by atoms with E-state index in [0.29, 0.717) is 22.6 Å². The molecule has 2 aromatic rings. The summed E-state index contributed by atoms with van der Waals surface area (Å²) in [5.74, 6) is -0.336. The fraction of sp³-hybridized carbons (Fsp3) is 0.0833. The maximum Gasteiger partial charge on any atom is 0.276 e. The molecule has 0 saturated carbocycles. The van der Waals surface area contributed by atoms with Gasteiger partial charge in [-0.3, -0.25) is 9.48 Å². The maximum atomic E-state index is 12.0. The highest BCUT2D eigenvalue weighted by Crippen LogP contribution is 2.14. The second-order valence-electron chi connectivity index (χ2n) is 3.72. The highest BCUT2D eigenvalue weighted by Gasteiger charge is 2.14. The molecule has 90 valence electrons. The van der Waals surface area contributed by atoms with Crippen molar-refractivity contribution in [3.8, 4) is 6.07 Å². The van der Waals surface area contributed by atoms with Crippen LogP contribution in [0.5, 0.6) is 0 Å². The topological polar surface area (TPSA) is 96.7 Å². The zero-order valence-electron chi connectivity index (χ0n) is 9.71. The van der Waals surface area contributed by atoms with Gasteiger partial charge < -0.3 is 11.1 Å². The van der Waals surface area contributed by atoms with E-state index in [0.717, 1.165) is 0 Å². The number of nitrogens with two attached hydrogens (primary N) is 1. The molecule has 6 nitrogen and oxygen atoms in total. The van der Waals surface area contributed by atoms with Gasteiger partial charge in [-0.25, -0.2) is 0 Å². The fourth-order valence-corrected chi connectivity index (χ4v) is 1.55. The average Bonchev–Trinajstić information content (AvgIpc) is 2.70. The lowest BCUT2D eigenvalue weighted by Gasteiger charge is -2.06. The Morgan fingerprint density at radius 1 is 1.44 bits per heavy atom. The SMILES string of the molecule is Cn1ncc(N)c1C(=O)Nc1ccc(C#N)cc1. The number of nitriles is 1. The van der Waals surface area contributed by atoms with Crippen LogP contribution >= 0.6 is 0 Å². The van der Waals surface area contributed by atoms with E-state index in [1.807, 2.05) is 6.07 Å². The minimum atomic E-state index is -0.336. The van der Waals surface area contributed by atoms with Crippen molar-refractivity contribution in [2.45, 2.75) is 0 Å². The van der Waals surface area contributed by atoms with Crippen molar-refractivity contribution in [2.75, 3.05) is 11.1 Å². The van der Waals surface area contributed by atoms with Crippen molar-refractivity contribution < 1.29 is 4.79 Å². The lowest BCUT2D eigenvalue weighted by molar-refractivity contribution is 0.101. The smallest absolute Gasteiger partial charge is 0.276 e. The molecule has 1 amide bonds. The van der Waals surface area contributed by atoms with Crippen LogP contribution in [-0.2, 0) is 7.05 Å². The summed E-state index contributed by atoms with van der Waals surface area (Å²) < 4.78 is 1.41. The molecule has 0 radical (unpaired) electrons. The number of nitrogens with one attached hydrogen (secondary N) is 1. The third kappa shape index (κ3) is 2.15. The highest BCUT2D eigenvalue weighted by atomic mass is 16.2. The molecular weight excluding hydrogens is 230 g/mol. The van der Waals surface area contributed by atoms with Crippen molar-refractivity contribution in [1.82, 2.24) is 9.78 Å². The van der Waals surface area contributed by atoms with Crippen LogP contribution in [0.4, 0.5) is 11.4 Å². The lowest BCUT2D eigenvalue weighted by atomic mass is 10.2. The van der Waals surface area contributed by atoms with Crippen LogP contribution in [0, 0.1) is 11.3 Å². The molecule has 0 fully saturated rings. The number of nitrogen functional groups attached to an aromatic ring is 1. The van der Waals surface area contributed by atoms with Crippen LogP contribution in [0.3, 0.4) is 0 Å². The number of aromatic nitrogens is 2. The standard InChI is InChI=1S/C12H11N5O/c1-17-11(10(14)7-15-17)12(18)16-9-4-2-8(6-13)3-5-9/h2-5,7H,14H2,1H3,(H,16,18). The molecule has 0 unspecified atom stereocenters. The molecule has 18 heavy (non-hydrogen) atoms. The first-order valence-corrected chi connectivity index (χ1v) is 5.21. The summed E-state index contributed by atoms with van der Waals surface area (Å²) in [6, 6.07) is 8.57. The Bertz CT molecular complexity index is 601. The molecule has 3 N–H and O–H groups in total. The van der Waals surface area contributed by atoms with E-state index in [4.69, 9.17) is 11.0 Å². The number of anilines is 2. The van der Waals surface area contributed by atoms with E-state index in [2.05, 4.69) is 10.4 Å². The summed E-state index contributed by atoms with van der Waals surface area (Å²) in [4.78, 5) is 12.0. The quantitative estimate of drug-likeness (QED) is 0.823. The number of aryl methyl sites for hydroxylation is 1. The summed E-state index contributed by atoms with van der Waals surface area (Å²) in [5.41, 5.74) is 7.41. The normalized spacial score (nSPS) is 9.78. The molecule has 1 aromatic carbocycles. The van der Waals surface area contributed by atoms with E-state index in [9.17, 15) is 4.79 Å². The Kier molecular flexibility index (Phi) is 2.98. The van der Waals surface area contributed by atoms with Crippen molar-refractivity contribution in [3.05, 3.63) is 41.7 Å². The van der Waals surface area contributed by atoms with Crippen LogP contribution in [0.25, 0.3) is 0 Å². The number of rotatable bonds is 2. The van der Waals surface area contributed by atoms with Crippen LogP contribution < -0.4 is 11.1 Å². The van der Waals surface area contributed by atoms with Crippen molar-refractivity contribution >= 4 is 17.3 Å². The lowest BCUT2D eigenvalue weighted by Crippen LogP contribution is -2.17. The van der Waals surface area contributed by atoms with Crippen molar-refractivity contribution in [1.29, 1.82) is 5.26 Å². The monoisotopic (exact) mass is 241 g/mol. The van der Waals surface area contributed by atoms with Crippen LogP contribution in [0.15, 0.2) is 30.5 Å². The number of carbonyl (C=O) groups is 1. The van der Waals surface area contributed by atoms with Crippen LogP contribution in [0.2, 0.25) is 0 Å². The summed E-state index contributed by atoms with van der Waals surface area (Å²) in [6.45, 7) is 0. The zero-order chi connectivity index (χ0) is 13.1. The van der Waals surface area contributed by atoms with E-state index < -0.39 is 0 Å². The average molecular weight is 241 g/mol. The molecule has 1 aromatic heterocycles. The number of amides is 1. The molecule has 0 atom stereocenters. The summed E-state index contributed by atoms with van der Waals surface area (Å²) in [7, 11) is 1.64. The first-order chi connectivity index (χ1) is 8.61. The second-order valence-corrected chi connectivity index (χ2v) is 3.72. The first-order valence-electron chi connectivity index (χ1n) is 5.21. The van der Waals surface area contributed by atoms with Crippen LogP contribution in [-0.4, -0.2) is 15.7 Å². The minimum absolute atomic E-state index is 0.305. The number of benzene rings is 1. The van der Waals surface area contributed by atoms with Gasteiger partial charge in [0.1, 0.15) is 5.69 Å². The Morgan fingerprint density at radius 3 is 2.61 bits per heavy atom. The van der Waals surface area contributed by atoms with Crippen molar-refractivity contribution in [2.24, 2.45) is 7.05 Å². The predicted octanol–water partition coefficient (Wildman–Crippen LogP) is 1.13. The predicted molar refractivity (Wildman–Crippen MR) is 66.7 cm³/mol. The Hall–Kier alpha value is -2.81. The molecule has 0 aliphatic carbocycles. The Labute approximate surface area is 104 Å². The summed E-state index contributed by atoms with van der Waals surface area (Å²) in [5, 5.41) is 15.3. The molecular formula is C12H11N5O. The Morgan fingerprint density at radius 2 is 2.11 bits per heavy atom. The van der Waals surface area contributed by atoms with E-state index in [1.54, 1.807) is 31.3 Å². The number of hydrogen-bond acceptors (Lipinski definition) is 4. The molecule has 2 rings (SSSR count). The van der Waals surface area contributed by atoms with Gasteiger partial charge in [-0.05, 0) is 24.3 Å². The summed E-state index contributed by atoms with van der Waals surface area (Å²) in [6.07, 6.45) is 1.42. The highest BCUT2D eigenvalue weighted by molar-refractivity contribution is 6.06. The van der Waals surface area contributed by atoms with Gasteiger partial charge in [-0.15, -0.1) is 0 Å². The van der Waals surface area contributed by atoms with Gasteiger partial charge in [0.2, 0.25) is 0 Å². The van der Waals surface area contributed by atoms with Gasteiger partial charge >= 0.3 is 0 Å². The van der Waals surface area contributed by atoms with Gasteiger partial charge in [0, 0.05) is 12.7 Å². The molecule has 6 heteroatoms. The molecule has 0 bridgehead atoms. The molecule has 0 aliphatic heterocycles. The van der Waals surface area contributed by atoms with Gasteiger partial charge in [-0.2, -0.15) is 10.4 Å². The van der Waals surface area contributed by atoms with E-state index in [-0.39, 0.29) is 5.91 Å². The molecule has 0 spiro atoms.